The molecule has 1 aromatic rings. The maximum atomic E-state index is 14.9. The van der Waals surface area contributed by atoms with Crippen LogP contribution in [0, 0.1) is 23.6 Å². The van der Waals surface area contributed by atoms with Gasteiger partial charge in [0.25, 0.3) is 0 Å². The molecule has 1 aromatic carbocycles. The van der Waals surface area contributed by atoms with Gasteiger partial charge in [-0.25, -0.2) is 4.39 Å². The van der Waals surface area contributed by atoms with E-state index in [1.807, 2.05) is 25.1 Å². The maximum Gasteiger partial charge on any atom is 0.149 e. The lowest BCUT2D eigenvalue weighted by Gasteiger charge is -2.34. The normalized spacial score (nSPS) is 26.2. The summed E-state index contributed by atoms with van der Waals surface area (Å²) in [7, 11) is 0. The van der Waals surface area contributed by atoms with Crippen LogP contribution < -0.4 is 0 Å². The van der Waals surface area contributed by atoms with Gasteiger partial charge in [0.05, 0.1) is 5.02 Å². The molecule has 3 rings (SSSR count). The van der Waals surface area contributed by atoms with E-state index in [1.54, 1.807) is 0 Å². The van der Waals surface area contributed by atoms with Crippen molar-refractivity contribution >= 4 is 17.2 Å². The average Bonchev–Trinajstić information content (AvgIpc) is 2.72. The lowest BCUT2D eigenvalue weighted by atomic mass is 9.71. The zero-order valence-corrected chi connectivity index (χ0v) is 17.3. The molecule has 0 bridgehead atoms. The molecular weight excluding hydrogens is 355 g/mol. The Balaban J connectivity index is 1.65. The Morgan fingerprint density at radius 3 is 2.56 bits per heavy atom. The minimum Gasteiger partial charge on any atom is -0.205 e. The third kappa shape index (κ3) is 4.93. The van der Waals surface area contributed by atoms with Crippen LogP contribution in [-0.2, 0) is 6.42 Å². The van der Waals surface area contributed by atoms with Crippen molar-refractivity contribution in [1.29, 1.82) is 0 Å². The molecule has 0 amide bonds. The molecule has 2 heteroatoms. The summed E-state index contributed by atoms with van der Waals surface area (Å²) >= 11 is 6.34. The Kier molecular flexibility index (Phi) is 7.35. The molecule has 146 valence electrons. The number of aryl methyl sites for hydroxylation is 1. The predicted molar refractivity (Wildman–Crippen MR) is 116 cm³/mol. The number of rotatable bonds is 6. The van der Waals surface area contributed by atoms with Crippen LogP contribution in [0.3, 0.4) is 0 Å². The monoisotopic (exact) mass is 386 g/mol. The molecule has 2 aliphatic rings. The van der Waals surface area contributed by atoms with Crippen LogP contribution in [0.15, 0.2) is 43.0 Å². The van der Waals surface area contributed by atoms with Crippen molar-refractivity contribution < 1.29 is 4.39 Å². The van der Waals surface area contributed by atoms with Crippen molar-refractivity contribution in [2.75, 3.05) is 0 Å². The standard InChI is InChI=1S/C25H32ClF/c1-3-5-6-7-22-16-17-23(25(27)24(22)26)21-14-12-20(13-15-21)19-10-8-18(4-2)9-11-19/h3-5,14,16-20H,2,6-13,15H2,1H3/b5-3+. The summed E-state index contributed by atoms with van der Waals surface area (Å²) in [5.41, 5.74) is 2.76. The van der Waals surface area contributed by atoms with Gasteiger partial charge in [-0.05, 0) is 93.6 Å². The highest BCUT2D eigenvalue weighted by molar-refractivity contribution is 6.31. The largest absolute Gasteiger partial charge is 0.205 e. The third-order valence-corrected chi connectivity index (χ3v) is 7.00. The number of hydrogen-bond donors (Lipinski definition) is 0. The number of benzene rings is 1. The van der Waals surface area contributed by atoms with Crippen LogP contribution in [-0.4, -0.2) is 0 Å². The second kappa shape index (κ2) is 9.73. The lowest BCUT2D eigenvalue weighted by Crippen LogP contribution is -2.22. The molecule has 1 atom stereocenters. The zero-order valence-electron chi connectivity index (χ0n) is 16.5. The van der Waals surface area contributed by atoms with E-state index in [0.717, 1.165) is 54.6 Å². The molecule has 0 nitrogen and oxygen atoms in total. The van der Waals surface area contributed by atoms with E-state index in [2.05, 4.69) is 24.8 Å². The predicted octanol–water partition coefficient (Wildman–Crippen LogP) is 8.16. The summed E-state index contributed by atoms with van der Waals surface area (Å²) in [6.45, 7) is 5.95. The first-order valence-electron chi connectivity index (χ1n) is 10.5. The van der Waals surface area contributed by atoms with Crippen molar-refractivity contribution in [3.63, 3.8) is 0 Å². The second-order valence-corrected chi connectivity index (χ2v) is 8.56. The van der Waals surface area contributed by atoms with Gasteiger partial charge < -0.3 is 0 Å². The fraction of sp³-hybridized carbons (Fsp3) is 0.520. The molecule has 0 heterocycles. The van der Waals surface area contributed by atoms with Crippen molar-refractivity contribution in [3.8, 4) is 0 Å². The smallest absolute Gasteiger partial charge is 0.149 e. The van der Waals surface area contributed by atoms with Gasteiger partial charge >= 0.3 is 0 Å². The van der Waals surface area contributed by atoms with Crippen LogP contribution in [0.5, 0.6) is 0 Å². The van der Waals surface area contributed by atoms with E-state index in [9.17, 15) is 4.39 Å². The number of allylic oxidation sites excluding steroid dienone is 5. The van der Waals surface area contributed by atoms with Gasteiger partial charge in [-0.15, -0.1) is 6.58 Å². The van der Waals surface area contributed by atoms with Gasteiger partial charge in [-0.1, -0.05) is 48.0 Å². The average molecular weight is 387 g/mol. The Bertz CT molecular complexity index is 707. The molecule has 0 radical (unpaired) electrons. The molecule has 0 saturated heterocycles. The zero-order chi connectivity index (χ0) is 19.2. The Labute approximate surface area is 169 Å². The SMILES string of the molecule is C=CC1CCC(C2CC=C(c3ccc(CC/C=C/C)c(Cl)c3F)CC2)CC1. The van der Waals surface area contributed by atoms with E-state index in [-0.39, 0.29) is 5.82 Å². The summed E-state index contributed by atoms with van der Waals surface area (Å²) < 4.78 is 14.9. The molecular formula is C25H32ClF. The van der Waals surface area contributed by atoms with Crippen LogP contribution in [0.4, 0.5) is 4.39 Å². The highest BCUT2D eigenvalue weighted by atomic mass is 35.5. The lowest BCUT2D eigenvalue weighted by molar-refractivity contribution is 0.212. The molecule has 0 N–H and O–H groups in total. The fourth-order valence-corrected chi connectivity index (χ4v) is 5.07. The van der Waals surface area contributed by atoms with Crippen LogP contribution >= 0.6 is 11.6 Å². The molecule has 2 aliphatic carbocycles. The van der Waals surface area contributed by atoms with Gasteiger partial charge in [0.1, 0.15) is 5.82 Å². The Hall–Kier alpha value is -1.34. The second-order valence-electron chi connectivity index (χ2n) is 8.18. The van der Waals surface area contributed by atoms with Crippen molar-refractivity contribution in [1.82, 2.24) is 0 Å². The van der Waals surface area contributed by atoms with Crippen LogP contribution in [0.2, 0.25) is 5.02 Å². The van der Waals surface area contributed by atoms with Crippen LogP contribution in [0.25, 0.3) is 5.57 Å². The molecule has 1 fully saturated rings. The molecule has 0 aliphatic heterocycles. The summed E-state index contributed by atoms with van der Waals surface area (Å²) in [6.07, 6.45) is 18.7. The molecule has 27 heavy (non-hydrogen) atoms. The van der Waals surface area contributed by atoms with Gasteiger partial charge in [-0.3, -0.25) is 0 Å². The minimum absolute atomic E-state index is 0.231. The van der Waals surface area contributed by atoms with Crippen LogP contribution in [0.1, 0.15) is 69.4 Å². The fourth-order valence-electron chi connectivity index (χ4n) is 4.82. The van der Waals surface area contributed by atoms with E-state index in [4.69, 9.17) is 11.6 Å². The van der Waals surface area contributed by atoms with Crippen molar-refractivity contribution in [2.45, 2.75) is 64.7 Å². The molecule has 1 saturated carbocycles. The summed E-state index contributed by atoms with van der Waals surface area (Å²) in [4.78, 5) is 0. The van der Waals surface area contributed by atoms with Gasteiger partial charge in [0, 0.05) is 5.56 Å². The van der Waals surface area contributed by atoms with Gasteiger partial charge in [-0.2, -0.15) is 0 Å². The molecule has 1 unspecified atom stereocenters. The highest BCUT2D eigenvalue weighted by Gasteiger charge is 2.28. The highest BCUT2D eigenvalue weighted by Crippen LogP contribution is 2.42. The van der Waals surface area contributed by atoms with E-state index in [0.29, 0.717) is 10.6 Å². The van der Waals surface area contributed by atoms with Gasteiger partial charge in [0.2, 0.25) is 0 Å². The first-order chi connectivity index (χ1) is 13.1. The van der Waals surface area contributed by atoms with E-state index >= 15 is 0 Å². The van der Waals surface area contributed by atoms with Gasteiger partial charge in [0.15, 0.2) is 0 Å². The van der Waals surface area contributed by atoms with Crippen molar-refractivity contribution in [3.05, 3.63) is 65.0 Å². The van der Waals surface area contributed by atoms with E-state index < -0.39 is 0 Å². The first kappa shape index (κ1) is 20.4. The first-order valence-corrected chi connectivity index (χ1v) is 10.9. The van der Waals surface area contributed by atoms with E-state index in [1.165, 1.54) is 32.1 Å². The Morgan fingerprint density at radius 1 is 1.15 bits per heavy atom. The third-order valence-electron chi connectivity index (χ3n) is 6.59. The minimum atomic E-state index is -0.231. The molecule has 0 spiro atoms. The topological polar surface area (TPSA) is 0 Å². The summed E-state index contributed by atoms with van der Waals surface area (Å²) in [5.74, 6) is 2.09. The Morgan fingerprint density at radius 2 is 1.93 bits per heavy atom. The quantitative estimate of drug-likeness (QED) is 0.432. The maximum absolute atomic E-state index is 14.9. The molecule has 0 aromatic heterocycles. The number of halogens is 2. The van der Waals surface area contributed by atoms with Crippen molar-refractivity contribution in [2.24, 2.45) is 17.8 Å². The number of hydrogen-bond acceptors (Lipinski definition) is 0. The summed E-state index contributed by atoms with van der Waals surface area (Å²) in [5, 5.41) is 0.308. The summed E-state index contributed by atoms with van der Waals surface area (Å²) in [6, 6.07) is 3.95.